The van der Waals surface area contributed by atoms with Crippen LogP contribution in [-0.2, 0) is 15.9 Å². The number of ether oxygens (including phenoxy) is 2. The summed E-state index contributed by atoms with van der Waals surface area (Å²) in [5.41, 5.74) is 0.100. The number of aliphatic hydroxyl groups is 1. The predicted molar refractivity (Wildman–Crippen MR) is 126 cm³/mol. The first kappa shape index (κ1) is 23.1. The van der Waals surface area contributed by atoms with Gasteiger partial charge in [0.25, 0.3) is 0 Å². The Balaban J connectivity index is 1.26. The molecule has 2 atom stereocenters. The normalized spacial score (nSPS) is 36.7. The summed E-state index contributed by atoms with van der Waals surface area (Å²) in [6, 6.07) is 10.2. The molecule has 0 aromatic heterocycles. The van der Waals surface area contributed by atoms with E-state index in [0.717, 1.165) is 23.8 Å². The number of hydrogen-bond acceptors (Lipinski definition) is 5. The quantitative estimate of drug-likeness (QED) is 0.624. The zero-order valence-electron chi connectivity index (χ0n) is 20.3. The van der Waals surface area contributed by atoms with Crippen molar-refractivity contribution in [3.05, 3.63) is 35.9 Å². The third-order valence-corrected chi connectivity index (χ3v) is 8.27. The third-order valence-electron chi connectivity index (χ3n) is 8.27. The van der Waals surface area contributed by atoms with E-state index in [9.17, 15) is 9.90 Å². The van der Waals surface area contributed by atoms with Crippen LogP contribution in [0.25, 0.3) is 0 Å². The van der Waals surface area contributed by atoms with Gasteiger partial charge >= 0.3 is 6.09 Å². The molecular weight excluding hydrogens is 416 g/mol. The molecule has 1 amide bonds. The van der Waals surface area contributed by atoms with Crippen molar-refractivity contribution < 1.29 is 19.4 Å². The van der Waals surface area contributed by atoms with Crippen LogP contribution in [0.5, 0.6) is 0 Å². The van der Waals surface area contributed by atoms with E-state index < -0.39 is 23.6 Å². The third kappa shape index (κ3) is 5.23. The molecule has 4 aliphatic carbocycles. The monoisotopic (exact) mass is 456 g/mol. The van der Waals surface area contributed by atoms with E-state index in [1.807, 2.05) is 43.9 Å². The van der Waals surface area contributed by atoms with E-state index in [0.29, 0.717) is 31.3 Å². The van der Waals surface area contributed by atoms with E-state index in [-0.39, 0.29) is 6.10 Å². The molecular formula is C27H40N2O4. The second-order valence-electron chi connectivity index (χ2n) is 12.1. The number of carbonyl (C=O) groups excluding carboxylic acids is 1. The van der Waals surface area contributed by atoms with E-state index in [1.54, 1.807) is 0 Å². The molecule has 4 bridgehead atoms. The van der Waals surface area contributed by atoms with E-state index >= 15 is 0 Å². The number of alkyl carbamates (subject to hydrolysis) is 1. The van der Waals surface area contributed by atoms with Gasteiger partial charge in [0, 0.05) is 13.1 Å². The number of aliphatic hydroxyl groups excluding tert-OH is 1. The van der Waals surface area contributed by atoms with Crippen LogP contribution in [0.4, 0.5) is 4.79 Å². The number of benzene rings is 1. The van der Waals surface area contributed by atoms with Gasteiger partial charge in [-0.1, -0.05) is 30.3 Å². The molecule has 1 saturated heterocycles. The average Bonchev–Trinajstić information content (AvgIpc) is 3.12. The van der Waals surface area contributed by atoms with Crippen LogP contribution in [0, 0.1) is 23.7 Å². The molecule has 4 saturated carbocycles. The van der Waals surface area contributed by atoms with Crippen molar-refractivity contribution in [2.24, 2.45) is 23.7 Å². The smallest absolute Gasteiger partial charge is 0.408 e. The fourth-order valence-electron chi connectivity index (χ4n) is 7.21. The molecule has 1 heterocycles. The minimum absolute atomic E-state index is 0.177. The first-order chi connectivity index (χ1) is 15.7. The zero-order valence-corrected chi connectivity index (χ0v) is 20.3. The summed E-state index contributed by atoms with van der Waals surface area (Å²) in [6.45, 7) is 6.84. The Bertz CT molecular complexity index is 810. The zero-order chi connectivity index (χ0) is 23.2. The predicted octanol–water partition coefficient (Wildman–Crippen LogP) is 4.32. The van der Waals surface area contributed by atoms with Gasteiger partial charge in [-0.3, -0.25) is 4.90 Å². The summed E-state index contributed by atoms with van der Waals surface area (Å²) in [4.78, 5) is 14.7. The summed E-state index contributed by atoms with van der Waals surface area (Å²) >= 11 is 0. The minimum Gasteiger partial charge on any atom is -0.444 e. The minimum atomic E-state index is -0.925. The van der Waals surface area contributed by atoms with Gasteiger partial charge in [0.1, 0.15) is 5.60 Å². The highest BCUT2D eigenvalue weighted by molar-refractivity contribution is 5.69. The van der Waals surface area contributed by atoms with Crippen molar-refractivity contribution in [1.29, 1.82) is 0 Å². The lowest BCUT2D eigenvalue weighted by Gasteiger charge is -2.54. The lowest BCUT2D eigenvalue weighted by Crippen LogP contribution is -2.55. The Morgan fingerprint density at radius 1 is 1.12 bits per heavy atom. The van der Waals surface area contributed by atoms with Gasteiger partial charge in [0.05, 0.1) is 11.6 Å². The van der Waals surface area contributed by atoms with Gasteiger partial charge in [-0.15, -0.1) is 0 Å². The van der Waals surface area contributed by atoms with Crippen LogP contribution in [-0.4, -0.2) is 52.8 Å². The molecule has 1 aromatic carbocycles. The molecule has 1 aromatic rings. The SMILES string of the molecule is CC(C)(C)OC(=O)N[C@]1(Cc2ccccc2)CCN(C(O)OC2C3CC4CC(C3)CC2C4)C1. The maximum Gasteiger partial charge on any atom is 0.408 e. The van der Waals surface area contributed by atoms with Crippen molar-refractivity contribution in [3.63, 3.8) is 0 Å². The first-order valence-corrected chi connectivity index (χ1v) is 12.8. The summed E-state index contributed by atoms with van der Waals surface area (Å²) in [5.74, 6) is 2.97. The molecule has 2 N–H and O–H groups in total. The van der Waals surface area contributed by atoms with Gasteiger partial charge in [-0.25, -0.2) is 4.79 Å². The number of nitrogens with one attached hydrogen (secondary N) is 1. The second kappa shape index (κ2) is 8.86. The van der Waals surface area contributed by atoms with Crippen molar-refractivity contribution in [1.82, 2.24) is 10.2 Å². The highest BCUT2D eigenvalue weighted by Crippen LogP contribution is 2.55. The van der Waals surface area contributed by atoms with Crippen molar-refractivity contribution in [2.75, 3.05) is 13.1 Å². The largest absolute Gasteiger partial charge is 0.444 e. The molecule has 0 radical (unpaired) electrons. The molecule has 33 heavy (non-hydrogen) atoms. The number of hydrogen-bond donors (Lipinski definition) is 2. The highest BCUT2D eigenvalue weighted by atomic mass is 16.6. The van der Waals surface area contributed by atoms with Crippen molar-refractivity contribution in [2.45, 2.75) is 89.4 Å². The van der Waals surface area contributed by atoms with Crippen LogP contribution in [0.3, 0.4) is 0 Å². The Morgan fingerprint density at radius 2 is 1.76 bits per heavy atom. The van der Waals surface area contributed by atoms with Crippen LogP contribution < -0.4 is 5.32 Å². The summed E-state index contributed by atoms with van der Waals surface area (Å²) in [6.07, 6.45) is 6.75. The summed E-state index contributed by atoms with van der Waals surface area (Å²) in [5, 5.41) is 14.3. The van der Waals surface area contributed by atoms with Crippen molar-refractivity contribution in [3.8, 4) is 0 Å². The lowest BCUT2D eigenvalue weighted by molar-refractivity contribution is -0.257. The topological polar surface area (TPSA) is 71.0 Å². The Kier molecular flexibility index (Phi) is 6.21. The molecule has 6 heteroatoms. The van der Waals surface area contributed by atoms with E-state index in [2.05, 4.69) is 17.4 Å². The van der Waals surface area contributed by atoms with Crippen LogP contribution >= 0.6 is 0 Å². The van der Waals surface area contributed by atoms with Crippen LogP contribution in [0.15, 0.2) is 30.3 Å². The number of likely N-dealkylation sites (tertiary alicyclic amines) is 1. The molecule has 182 valence electrons. The summed E-state index contributed by atoms with van der Waals surface area (Å²) < 4.78 is 12.0. The highest BCUT2D eigenvalue weighted by Gasteiger charge is 2.50. The van der Waals surface area contributed by atoms with Gasteiger partial charge in [-0.2, -0.15) is 0 Å². The number of nitrogens with zero attached hydrogens (tertiary/aromatic N) is 1. The van der Waals surface area contributed by atoms with Gasteiger partial charge in [-0.05, 0) is 95.0 Å². The van der Waals surface area contributed by atoms with Gasteiger partial charge in [0.2, 0.25) is 6.41 Å². The fraction of sp³-hybridized carbons (Fsp3) is 0.741. The molecule has 6 nitrogen and oxygen atoms in total. The summed E-state index contributed by atoms with van der Waals surface area (Å²) in [7, 11) is 0. The number of rotatable bonds is 6. The van der Waals surface area contributed by atoms with Gasteiger partial charge in [0.15, 0.2) is 0 Å². The van der Waals surface area contributed by atoms with Crippen LogP contribution in [0.1, 0.15) is 64.9 Å². The second-order valence-corrected chi connectivity index (χ2v) is 12.1. The molecule has 5 fully saturated rings. The van der Waals surface area contributed by atoms with E-state index in [1.165, 1.54) is 32.1 Å². The average molecular weight is 457 g/mol. The molecule has 5 aliphatic rings. The lowest BCUT2D eigenvalue weighted by atomic mass is 9.55. The Labute approximate surface area is 198 Å². The standard InChI is InChI=1S/C27H40N2O4/c1-26(2,3)33-24(30)28-27(16-18-7-5-4-6-8-18)9-10-29(17-27)25(31)32-23-21-12-19-11-20(14-21)15-22(23)13-19/h4-8,19-23,25,31H,9-17H2,1-3H3,(H,28,30)/t19?,20?,21?,22?,23?,25?,27-/m0/s1. The maximum atomic E-state index is 12.7. The first-order valence-electron chi connectivity index (χ1n) is 12.8. The molecule has 1 unspecified atom stereocenters. The van der Waals surface area contributed by atoms with E-state index in [4.69, 9.17) is 9.47 Å². The van der Waals surface area contributed by atoms with Gasteiger partial charge < -0.3 is 19.9 Å². The van der Waals surface area contributed by atoms with Crippen LogP contribution in [0.2, 0.25) is 0 Å². The fourth-order valence-corrected chi connectivity index (χ4v) is 7.21. The number of amides is 1. The molecule has 0 spiro atoms. The number of carbonyl (C=O) groups is 1. The molecule has 6 rings (SSSR count). The Morgan fingerprint density at radius 3 is 2.36 bits per heavy atom. The Hall–Kier alpha value is -1.63. The van der Waals surface area contributed by atoms with Crippen molar-refractivity contribution >= 4 is 6.09 Å². The maximum absolute atomic E-state index is 12.7. The molecule has 1 aliphatic heterocycles.